The first-order valence-corrected chi connectivity index (χ1v) is 27.4. The monoisotopic (exact) mass is 1680 g/mol. The van der Waals surface area contributed by atoms with Gasteiger partial charge in [0.2, 0.25) is 0 Å². The van der Waals surface area contributed by atoms with E-state index >= 15 is 0 Å². The molecule has 2 saturated carbocycles. The summed E-state index contributed by atoms with van der Waals surface area (Å²) in [6.45, 7) is 0. The quantitative estimate of drug-likeness (QED) is 0.241. The van der Waals surface area contributed by atoms with Gasteiger partial charge in [-0.25, -0.2) is 0 Å². The molecule has 0 aromatic heterocycles. The number of alkyl halides is 18. The summed E-state index contributed by atoms with van der Waals surface area (Å²) in [5, 5.41) is 0.734. The summed E-state index contributed by atoms with van der Waals surface area (Å²) in [7, 11) is 0. The Hall–Kier alpha value is 8.64. The summed E-state index contributed by atoms with van der Waals surface area (Å²) in [5.74, 6) is 0.343. The van der Waals surface area contributed by atoms with Crippen molar-refractivity contribution in [1.29, 1.82) is 0 Å². The van der Waals surface area contributed by atoms with E-state index in [9.17, 15) is 0 Å². The van der Waals surface area contributed by atoms with Crippen LogP contribution < -0.4 is 0 Å². The topological polar surface area (TPSA) is 0 Å². The molecule has 2 fully saturated rings. The van der Waals surface area contributed by atoms with Crippen molar-refractivity contribution in [3.63, 3.8) is 0 Å². The summed E-state index contributed by atoms with van der Waals surface area (Å²) < 4.78 is -0.356. The average molecular weight is 1700 g/mol. The number of halogens is 18. The van der Waals surface area contributed by atoms with Crippen LogP contribution in [0, 0.1) is 11.8 Å². The minimum Gasteiger partial charge on any atom is -0.0912 e. The van der Waals surface area contributed by atoms with Gasteiger partial charge in [-0.05, 0) is 5.92 Å². The van der Waals surface area contributed by atoms with Gasteiger partial charge in [0.15, 0.2) is 0 Å². The zero-order chi connectivity index (χ0) is 29.6. The van der Waals surface area contributed by atoms with Crippen LogP contribution in [0.5, 0.6) is 0 Å². The highest BCUT2D eigenvalue weighted by Gasteiger charge is 2.58. The molecule has 0 aromatic carbocycles. The van der Waals surface area contributed by atoms with E-state index in [-0.39, 0.29) is 93.4 Å². The highest BCUT2D eigenvalue weighted by atomic mass is 79.9. The summed E-state index contributed by atoms with van der Waals surface area (Å²) in [4.78, 5) is 2.59. The third-order valence-electron chi connectivity index (χ3n) is 6.94. The Morgan fingerprint density at radius 3 is 0.921 bits per heavy atom. The minimum atomic E-state index is -0.356. The molecule has 2 aliphatic rings. The van der Waals surface area contributed by atoms with Gasteiger partial charge in [0.1, 0.15) is 0 Å². The highest BCUT2D eigenvalue weighted by Crippen LogP contribution is 2.56. The maximum Gasteiger partial charge on any atom is 0.0540 e. The Kier molecular flexibility index (Phi) is 21.1. The molecule has 0 N–H and O–H groups in total. The van der Waals surface area contributed by atoms with E-state index in [0.29, 0.717) is 0 Å². The van der Waals surface area contributed by atoms with Crippen molar-refractivity contribution >= 4 is 287 Å². The lowest BCUT2D eigenvalue weighted by Gasteiger charge is -2.52. The van der Waals surface area contributed by atoms with Crippen molar-refractivity contribution in [1.82, 2.24) is 0 Å². The molecule has 226 valence electrons. The van der Waals surface area contributed by atoms with E-state index in [4.69, 9.17) is 0 Å². The molecule has 0 saturated heterocycles. The number of rotatable bonds is 5. The lowest BCUT2D eigenvalue weighted by atomic mass is 9.77. The molecule has 0 radical (unpaired) electrons. The van der Waals surface area contributed by atoms with Gasteiger partial charge >= 0.3 is 0 Å². The first kappa shape index (κ1) is 42.8. The van der Waals surface area contributed by atoms with Gasteiger partial charge in [-0.2, -0.15) is 0 Å². The molecule has 15 unspecified atom stereocenters. The molecular formula is C20H20Br18. The molecule has 2 rings (SSSR count). The second kappa shape index (κ2) is 18.8. The van der Waals surface area contributed by atoms with Gasteiger partial charge in [0.05, 0.1) is 4.32 Å². The van der Waals surface area contributed by atoms with Crippen LogP contribution in [0.25, 0.3) is 0 Å². The fourth-order valence-corrected chi connectivity index (χ4v) is 26.2. The van der Waals surface area contributed by atoms with Crippen LogP contribution in [0.3, 0.4) is 0 Å². The largest absolute Gasteiger partial charge is 0.0912 e. The van der Waals surface area contributed by atoms with Crippen LogP contribution in [-0.4, -0.2) is 86.9 Å². The predicted molar refractivity (Wildman–Crippen MR) is 236 cm³/mol. The molecule has 18 heteroatoms. The van der Waals surface area contributed by atoms with Gasteiger partial charge in [-0.1, -0.05) is 287 Å². The molecule has 0 heterocycles. The third kappa shape index (κ3) is 9.29. The Balaban J connectivity index is 2.56. The molecule has 0 bridgehead atoms. The molecule has 15 atom stereocenters. The van der Waals surface area contributed by atoms with Crippen molar-refractivity contribution in [3.8, 4) is 0 Å². The van der Waals surface area contributed by atoms with Crippen LogP contribution >= 0.6 is 287 Å². The van der Waals surface area contributed by atoms with Gasteiger partial charge < -0.3 is 0 Å². The van der Waals surface area contributed by atoms with Crippen molar-refractivity contribution < 1.29 is 0 Å². The van der Waals surface area contributed by atoms with Gasteiger partial charge in [-0.3, -0.25) is 0 Å². The molecule has 0 nitrogen and oxygen atoms in total. The molecule has 0 aliphatic heterocycles. The zero-order valence-electron chi connectivity index (χ0n) is 18.4. The van der Waals surface area contributed by atoms with E-state index in [1.807, 2.05) is 0 Å². The van der Waals surface area contributed by atoms with E-state index in [1.54, 1.807) is 0 Å². The molecular weight excluding hydrogens is 1680 g/mol. The van der Waals surface area contributed by atoms with Crippen LogP contribution in [-0.2, 0) is 0 Å². The second-order valence-corrected chi connectivity index (χ2v) is 28.1. The SMILES string of the molecule is BrCC(Br)(C(Br)C(Br)C1C(Br)C(Br)C(Br)C(Br)C(Br)C(Br)C1Br)C1C(Br)C(Br)C(Br)C(Br)C(Br)C(Br)C1Br. The van der Waals surface area contributed by atoms with Crippen molar-refractivity contribution in [2.45, 2.75) is 81.6 Å². The maximum absolute atomic E-state index is 4.32. The fraction of sp³-hybridized carbons (Fsp3) is 1.00. The molecule has 0 amide bonds. The van der Waals surface area contributed by atoms with E-state index in [2.05, 4.69) is 287 Å². The van der Waals surface area contributed by atoms with Crippen molar-refractivity contribution in [3.05, 3.63) is 0 Å². The van der Waals surface area contributed by atoms with Crippen LogP contribution in [0.2, 0.25) is 0 Å². The first-order chi connectivity index (χ1) is 17.4. The summed E-state index contributed by atoms with van der Waals surface area (Å²) in [5.41, 5.74) is 0. The maximum atomic E-state index is 4.32. The van der Waals surface area contributed by atoms with Crippen LogP contribution in [0.1, 0.15) is 0 Å². The Labute approximate surface area is 377 Å². The Bertz CT molecular complexity index is 717. The highest BCUT2D eigenvalue weighted by molar-refractivity contribution is 9.17. The molecule has 2 aliphatic carbocycles. The van der Waals surface area contributed by atoms with Gasteiger partial charge in [0, 0.05) is 88.5 Å². The van der Waals surface area contributed by atoms with Crippen molar-refractivity contribution in [2.75, 3.05) is 5.33 Å². The van der Waals surface area contributed by atoms with E-state index in [1.165, 1.54) is 0 Å². The van der Waals surface area contributed by atoms with Crippen LogP contribution in [0.15, 0.2) is 0 Å². The van der Waals surface area contributed by atoms with Crippen molar-refractivity contribution in [2.24, 2.45) is 11.8 Å². The summed E-state index contributed by atoms with van der Waals surface area (Å²) in [6.07, 6.45) is 0. The fourth-order valence-electron chi connectivity index (χ4n) is 4.62. The summed E-state index contributed by atoms with van der Waals surface area (Å²) in [6, 6.07) is 0. The second-order valence-electron chi connectivity index (χ2n) is 9.23. The predicted octanol–water partition coefficient (Wildman–Crippen LogP) is 14.0. The molecule has 0 aromatic rings. The average Bonchev–Trinajstić information content (AvgIpc) is 2.90. The van der Waals surface area contributed by atoms with E-state index < -0.39 is 0 Å². The smallest absolute Gasteiger partial charge is 0.0540 e. The Morgan fingerprint density at radius 1 is 0.421 bits per heavy atom. The number of hydrogen-bond donors (Lipinski definition) is 0. The lowest BCUT2D eigenvalue weighted by Crippen LogP contribution is -2.62. The normalized spacial score (nSPS) is 52.6. The third-order valence-corrected chi connectivity index (χ3v) is 38.3. The van der Waals surface area contributed by atoms with Crippen LogP contribution in [0.4, 0.5) is 0 Å². The minimum absolute atomic E-state index is 0.0341. The standard InChI is InChI=1S/C20H20Br18/c21-1-20(38,3-7(25)11(29)15(33)18(36)16(34)12(30)8(3)26)19(37)6(24)2-4(22)9(27)13(31)17(35)14(32)10(28)5(2)23/h2-19H,1H2. The van der Waals surface area contributed by atoms with Gasteiger partial charge in [-0.15, -0.1) is 0 Å². The summed E-state index contributed by atoms with van der Waals surface area (Å²) >= 11 is 72.9. The lowest BCUT2D eigenvalue weighted by molar-refractivity contribution is 0.336. The molecule has 38 heavy (non-hydrogen) atoms. The zero-order valence-corrected chi connectivity index (χ0v) is 47.0. The number of hydrogen-bond acceptors (Lipinski definition) is 0. The van der Waals surface area contributed by atoms with Gasteiger partial charge in [0.25, 0.3) is 0 Å². The first-order valence-electron chi connectivity index (χ1n) is 10.9. The van der Waals surface area contributed by atoms with E-state index in [0.717, 1.165) is 5.33 Å². The molecule has 0 spiro atoms. The Morgan fingerprint density at radius 2 is 0.658 bits per heavy atom.